The second-order valence-corrected chi connectivity index (χ2v) is 7.95. The number of nitrogens with zero attached hydrogens (tertiary/aromatic N) is 4. The van der Waals surface area contributed by atoms with Crippen LogP contribution in [0.3, 0.4) is 0 Å². The van der Waals surface area contributed by atoms with Crippen molar-refractivity contribution >= 4 is 34.1 Å². The number of hydrogen-bond acceptors (Lipinski definition) is 7. The maximum absolute atomic E-state index is 12.4. The van der Waals surface area contributed by atoms with Gasteiger partial charge in [-0.1, -0.05) is 30.0 Å². The number of hydrogen-bond donors (Lipinski definition) is 1. The molecule has 7 nitrogen and oxygen atoms in total. The number of nitrogens with one attached hydrogen (secondary N) is 1. The number of thioether (sulfide) groups is 1. The van der Waals surface area contributed by atoms with Crippen molar-refractivity contribution in [3.8, 4) is 5.75 Å². The van der Waals surface area contributed by atoms with Gasteiger partial charge in [0.2, 0.25) is 5.91 Å². The van der Waals surface area contributed by atoms with Crippen LogP contribution in [0.25, 0.3) is 0 Å². The highest BCUT2D eigenvalue weighted by Gasteiger charge is 2.20. The molecule has 0 aliphatic rings. The number of amides is 1. The van der Waals surface area contributed by atoms with Crippen molar-refractivity contribution in [3.63, 3.8) is 0 Å². The van der Waals surface area contributed by atoms with Crippen molar-refractivity contribution in [2.24, 2.45) is 0 Å². The Labute approximate surface area is 166 Å². The minimum absolute atomic E-state index is 0.109. The van der Waals surface area contributed by atoms with Crippen LogP contribution in [0, 0.1) is 6.92 Å². The van der Waals surface area contributed by atoms with Crippen molar-refractivity contribution in [2.45, 2.75) is 44.3 Å². The van der Waals surface area contributed by atoms with Gasteiger partial charge in [-0.3, -0.25) is 4.79 Å². The number of para-hydroxylation sites is 1. The van der Waals surface area contributed by atoms with Crippen molar-refractivity contribution in [1.29, 1.82) is 0 Å². The number of aryl methyl sites for hydroxylation is 1. The van der Waals surface area contributed by atoms with Gasteiger partial charge in [-0.15, -0.1) is 21.5 Å². The van der Waals surface area contributed by atoms with Crippen LogP contribution < -0.4 is 10.1 Å². The molecule has 1 N–H and O–H groups in total. The maximum atomic E-state index is 12.4. The number of thiazole rings is 1. The summed E-state index contributed by atoms with van der Waals surface area (Å²) >= 11 is 2.79. The van der Waals surface area contributed by atoms with E-state index in [1.165, 1.54) is 23.1 Å². The van der Waals surface area contributed by atoms with Gasteiger partial charge in [-0.05, 0) is 32.9 Å². The fourth-order valence-electron chi connectivity index (χ4n) is 2.33. The Morgan fingerprint density at radius 3 is 2.78 bits per heavy atom. The summed E-state index contributed by atoms with van der Waals surface area (Å²) in [5.41, 5.74) is 0.893. The molecule has 3 aromatic rings. The van der Waals surface area contributed by atoms with E-state index < -0.39 is 0 Å². The minimum atomic E-state index is -0.327. The molecule has 1 amide bonds. The lowest BCUT2D eigenvalue weighted by atomic mass is 10.3. The predicted molar refractivity (Wildman–Crippen MR) is 107 cm³/mol. The summed E-state index contributed by atoms with van der Waals surface area (Å²) in [5, 5.41) is 14.2. The number of aromatic nitrogens is 4. The largest absolute Gasteiger partial charge is 0.486 e. The first kappa shape index (κ1) is 19.4. The second-order valence-electron chi connectivity index (χ2n) is 5.79. The molecule has 0 radical (unpaired) electrons. The van der Waals surface area contributed by atoms with Crippen LogP contribution in [0.2, 0.25) is 0 Å². The van der Waals surface area contributed by atoms with Crippen molar-refractivity contribution in [2.75, 3.05) is 5.32 Å². The molecule has 0 saturated heterocycles. The lowest BCUT2D eigenvalue weighted by molar-refractivity contribution is -0.115. The topological polar surface area (TPSA) is 81.9 Å². The SMILES string of the molecule is CCn1c(COc2ccccc2)nnc1S[C@H](C)C(=O)Nc1nc(C)cs1. The van der Waals surface area contributed by atoms with Crippen molar-refractivity contribution < 1.29 is 9.53 Å². The summed E-state index contributed by atoms with van der Waals surface area (Å²) in [4.78, 5) is 16.7. The fraction of sp³-hybridized carbons (Fsp3) is 0.333. The van der Waals surface area contributed by atoms with Gasteiger partial charge < -0.3 is 14.6 Å². The van der Waals surface area contributed by atoms with Gasteiger partial charge in [0.05, 0.1) is 10.9 Å². The first-order valence-electron chi connectivity index (χ1n) is 8.56. The molecule has 2 heterocycles. The van der Waals surface area contributed by atoms with E-state index in [1.807, 2.05) is 61.1 Å². The summed E-state index contributed by atoms with van der Waals surface area (Å²) in [6.45, 7) is 6.78. The average molecular weight is 404 g/mol. The molecule has 0 unspecified atom stereocenters. The molecule has 2 aromatic heterocycles. The van der Waals surface area contributed by atoms with Gasteiger partial charge >= 0.3 is 0 Å². The zero-order valence-electron chi connectivity index (χ0n) is 15.4. The van der Waals surface area contributed by atoms with E-state index in [9.17, 15) is 4.79 Å². The first-order chi connectivity index (χ1) is 13.1. The van der Waals surface area contributed by atoms with Crippen molar-refractivity contribution in [3.05, 3.63) is 47.2 Å². The fourth-order valence-corrected chi connectivity index (χ4v) is 3.95. The Morgan fingerprint density at radius 1 is 1.33 bits per heavy atom. The highest BCUT2D eigenvalue weighted by molar-refractivity contribution is 8.00. The average Bonchev–Trinajstić information content (AvgIpc) is 3.26. The highest BCUT2D eigenvalue weighted by atomic mass is 32.2. The Hall–Kier alpha value is -2.39. The van der Waals surface area contributed by atoms with Gasteiger partial charge in [-0.25, -0.2) is 4.98 Å². The normalized spacial score (nSPS) is 12.0. The van der Waals surface area contributed by atoms with Crippen LogP contribution in [-0.4, -0.2) is 30.9 Å². The molecule has 0 aliphatic carbocycles. The molecule has 0 bridgehead atoms. The summed E-state index contributed by atoms with van der Waals surface area (Å²) in [6, 6.07) is 9.58. The molecule has 27 heavy (non-hydrogen) atoms. The molecule has 0 fully saturated rings. The summed E-state index contributed by atoms with van der Waals surface area (Å²) in [6.07, 6.45) is 0. The molecular weight excluding hydrogens is 382 g/mol. The standard InChI is InChI=1S/C18H21N5O2S2/c1-4-23-15(10-25-14-8-6-5-7-9-14)21-22-18(23)27-13(3)16(24)20-17-19-12(2)11-26-17/h5-9,11,13H,4,10H2,1-3H3,(H,19,20,24)/t13-/m1/s1. The van der Waals surface area contributed by atoms with Gasteiger partial charge in [-0.2, -0.15) is 0 Å². The van der Waals surface area contributed by atoms with E-state index in [2.05, 4.69) is 20.5 Å². The molecule has 1 aromatic carbocycles. The van der Waals surface area contributed by atoms with E-state index >= 15 is 0 Å². The van der Waals surface area contributed by atoms with E-state index in [0.717, 1.165) is 17.3 Å². The number of rotatable bonds is 8. The third-order valence-electron chi connectivity index (χ3n) is 3.72. The highest BCUT2D eigenvalue weighted by Crippen LogP contribution is 2.24. The van der Waals surface area contributed by atoms with Crippen LogP contribution >= 0.6 is 23.1 Å². The van der Waals surface area contributed by atoms with Crippen LogP contribution in [0.1, 0.15) is 25.4 Å². The molecule has 3 rings (SSSR count). The summed E-state index contributed by atoms with van der Waals surface area (Å²) in [5.74, 6) is 1.40. The first-order valence-corrected chi connectivity index (χ1v) is 10.3. The molecule has 0 saturated carbocycles. The van der Waals surface area contributed by atoms with Crippen LogP contribution in [-0.2, 0) is 17.9 Å². The third-order valence-corrected chi connectivity index (χ3v) is 5.68. The zero-order chi connectivity index (χ0) is 19.2. The zero-order valence-corrected chi connectivity index (χ0v) is 17.0. The smallest absolute Gasteiger partial charge is 0.239 e. The predicted octanol–water partition coefficient (Wildman–Crippen LogP) is 3.76. The van der Waals surface area contributed by atoms with E-state index in [-0.39, 0.29) is 11.2 Å². The summed E-state index contributed by atoms with van der Waals surface area (Å²) < 4.78 is 7.73. The van der Waals surface area contributed by atoms with Gasteiger partial charge in [0, 0.05) is 11.9 Å². The lowest BCUT2D eigenvalue weighted by Gasteiger charge is -2.12. The quantitative estimate of drug-likeness (QED) is 0.577. The van der Waals surface area contributed by atoms with E-state index in [4.69, 9.17) is 4.74 Å². The second kappa shape index (κ2) is 9.01. The molecule has 1 atom stereocenters. The molecule has 0 aliphatic heterocycles. The Balaban J connectivity index is 1.62. The van der Waals surface area contributed by atoms with Crippen LogP contribution in [0.5, 0.6) is 5.75 Å². The number of carbonyl (C=O) groups excluding carboxylic acids is 1. The Bertz CT molecular complexity index is 894. The van der Waals surface area contributed by atoms with Crippen LogP contribution in [0.15, 0.2) is 40.9 Å². The summed E-state index contributed by atoms with van der Waals surface area (Å²) in [7, 11) is 0. The number of ether oxygens (including phenoxy) is 1. The van der Waals surface area contributed by atoms with Gasteiger partial charge in [0.15, 0.2) is 16.1 Å². The molecule has 0 spiro atoms. The molecule has 142 valence electrons. The monoisotopic (exact) mass is 403 g/mol. The van der Waals surface area contributed by atoms with E-state index in [1.54, 1.807) is 0 Å². The van der Waals surface area contributed by atoms with Crippen molar-refractivity contribution in [1.82, 2.24) is 19.7 Å². The lowest BCUT2D eigenvalue weighted by Crippen LogP contribution is -2.23. The number of benzene rings is 1. The van der Waals surface area contributed by atoms with E-state index in [0.29, 0.717) is 23.4 Å². The third kappa shape index (κ3) is 5.08. The number of carbonyl (C=O) groups is 1. The Morgan fingerprint density at radius 2 is 2.11 bits per heavy atom. The van der Waals surface area contributed by atoms with Gasteiger partial charge in [0.25, 0.3) is 0 Å². The van der Waals surface area contributed by atoms with Crippen LogP contribution in [0.4, 0.5) is 5.13 Å². The van der Waals surface area contributed by atoms with Gasteiger partial charge in [0.1, 0.15) is 12.4 Å². The Kier molecular flexibility index (Phi) is 6.46. The number of anilines is 1. The molecular formula is C18H21N5O2S2. The molecule has 9 heteroatoms. The maximum Gasteiger partial charge on any atom is 0.239 e. The minimum Gasteiger partial charge on any atom is -0.486 e.